The van der Waals surface area contributed by atoms with Crippen LogP contribution in [0.4, 0.5) is 17.1 Å². The van der Waals surface area contributed by atoms with Gasteiger partial charge in [0, 0.05) is 38.5 Å². The first-order valence-electron chi connectivity index (χ1n) is 20.6. The number of ether oxygens (including phenoxy) is 1. The van der Waals surface area contributed by atoms with Crippen LogP contribution in [0, 0.1) is 0 Å². The van der Waals surface area contributed by atoms with E-state index in [2.05, 4.69) is 207 Å². The van der Waals surface area contributed by atoms with Crippen molar-refractivity contribution in [2.45, 2.75) is 0 Å². The number of fused-ring (bicyclic) bond motifs is 9. The fraction of sp³-hybridized carbons (Fsp3) is 0. The average molecular weight is 782 g/mol. The molecule has 0 unspecified atom stereocenters. The zero-order chi connectivity index (χ0) is 40.0. The molecule has 0 spiro atoms. The van der Waals surface area contributed by atoms with E-state index in [4.69, 9.17) is 9.72 Å². The van der Waals surface area contributed by atoms with Gasteiger partial charge in [-0.15, -0.1) is 0 Å². The van der Waals surface area contributed by atoms with E-state index in [9.17, 15) is 0 Å². The van der Waals surface area contributed by atoms with Crippen molar-refractivity contribution in [3.8, 4) is 39.9 Å². The van der Waals surface area contributed by atoms with E-state index < -0.39 is 0 Å². The van der Waals surface area contributed by atoms with Crippen molar-refractivity contribution in [2.24, 2.45) is 0 Å². The molecule has 0 amide bonds. The Hall–Kier alpha value is -8.35. The maximum absolute atomic E-state index is 6.35. The number of para-hydroxylation sites is 9. The second kappa shape index (κ2) is 13.1. The monoisotopic (exact) mass is 781 g/mol. The van der Waals surface area contributed by atoms with E-state index in [0.717, 1.165) is 90.1 Å². The standard InChI is InChI=1S/C55H35N5O/c1-2-16-37(17-3-1)58-54-50(60-45-24-10-6-20-41(45)42-21-7-11-25-46(42)60)35-34-49(59-43-22-8-4-18-39(43)40-19-5-9-23-44(40)59)53(54)56-55(58)36-30-32-38(33-31-36)57-47-26-12-14-28-51(47)61-52-29-15-13-27-48(52)57/h1-35H. The van der Waals surface area contributed by atoms with Crippen LogP contribution in [-0.2, 0) is 0 Å². The first-order chi connectivity index (χ1) is 30.3. The minimum absolute atomic E-state index is 0.825. The second-order valence-corrected chi connectivity index (χ2v) is 15.6. The molecule has 4 heterocycles. The number of nitrogens with zero attached hydrogens (tertiary/aromatic N) is 5. The Balaban J connectivity index is 1.12. The summed E-state index contributed by atoms with van der Waals surface area (Å²) in [4.78, 5) is 8.05. The highest BCUT2D eigenvalue weighted by atomic mass is 16.5. The number of imidazole rings is 1. The topological polar surface area (TPSA) is 40.1 Å². The number of rotatable bonds is 5. The first kappa shape index (κ1) is 33.6. The van der Waals surface area contributed by atoms with Crippen LogP contribution in [0.15, 0.2) is 212 Å². The summed E-state index contributed by atoms with van der Waals surface area (Å²) in [5, 5.41) is 4.85. The van der Waals surface area contributed by atoms with Crippen LogP contribution in [0.2, 0.25) is 0 Å². The summed E-state index contributed by atoms with van der Waals surface area (Å²) in [7, 11) is 0. The van der Waals surface area contributed by atoms with Gasteiger partial charge in [-0.05, 0) is 97.1 Å². The lowest BCUT2D eigenvalue weighted by molar-refractivity contribution is 0.477. The van der Waals surface area contributed by atoms with Crippen LogP contribution < -0.4 is 9.64 Å². The highest BCUT2D eigenvalue weighted by Crippen LogP contribution is 2.50. The van der Waals surface area contributed by atoms with Gasteiger partial charge in [-0.3, -0.25) is 4.57 Å². The van der Waals surface area contributed by atoms with Crippen molar-refractivity contribution < 1.29 is 4.74 Å². The number of benzene rings is 9. The van der Waals surface area contributed by atoms with Crippen LogP contribution in [0.5, 0.6) is 11.5 Å². The molecule has 0 saturated heterocycles. The molecular weight excluding hydrogens is 747 g/mol. The summed E-state index contributed by atoms with van der Waals surface area (Å²) in [6, 6.07) is 75.3. The van der Waals surface area contributed by atoms with Crippen molar-refractivity contribution in [3.63, 3.8) is 0 Å². The molecule has 9 aromatic carbocycles. The minimum atomic E-state index is 0.825. The molecule has 0 saturated carbocycles. The number of anilines is 3. The summed E-state index contributed by atoms with van der Waals surface area (Å²) in [5.74, 6) is 2.50. The van der Waals surface area contributed by atoms with Gasteiger partial charge in [0.15, 0.2) is 11.5 Å². The highest BCUT2D eigenvalue weighted by molar-refractivity contribution is 6.13. The molecule has 0 bridgehead atoms. The van der Waals surface area contributed by atoms with Gasteiger partial charge in [0.2, 0.25) is 0 Å². The zero-order valence-electron chi connectivity index (χ0n) is 32.9. The fourth-order valence-corrected chi connectivity index (χ4v) is 9.64. The number of hydrogen-bond donors (Lipinski definition) is 0. The Morgan fingerprint density at radius 3 is 1.31 bits per heavy atom. The lowest BCUT2D eigenvalue weighted by atomic mass is 10.1. The van der Waals surface area contributed by atoms with Gasteiger partial charge in [0.1, 0.15) is 11.3 Å². The molecule has 3 aromatic heterocycles. The molecule has 286 valence electrons. The largest absolute Gasteiger partial charge is 0.453 e. The van der Waals surface area contributed by atoms with Crippen LogP contribution in [-0.4, -0.2) is 18.7 Å². The lowest BCUT2D eigenvalue weighted by Crippen LogP contribution is -2.15. The Kier molecular flexibility index (Phi) is 7.21. The van der Waals surface area contributed by atoms with Crippen molar-refractivity contribution in [1.82, 2.24) is 18.7 Å². The number of hydrogen-bond acceptors (Lipinski definition) is 3. The molecule has 1 aliphatic heterocycles. The SMILES string of the molecule is c1ccc(-n2c(-c3ccc(N4c5ccccc5Oc5ccccc54)cc3)nc3c(-n4c5ccccc5c5ccccc54)ccc(-n4c5ccccc5c5ccccc54)c32)cc1. The van der Waals surface area contributed by atoms with E-state index in [0.29, 0.717) is 0 Å². The smallest absolute Gasteiger partial charge is 0.151 e. The van der Waals surface area contributed by atoms with Crippen LogP contribution in [0.3, 0.4) is 0 Å². The van der Waals surface area contributed by atoms with Crippen molar-refractivity contribution in [3.05, 3.63) is 212 Å². The maximum atomic E-state index is 6.35. The maximum Gasteiger partial charge on any atom is 0.151 e. The third kappa shape index (κ3) is 4.93. The number of aromatic nitrogens is 4. The molecule has 6 heteroatoms. The van der Waals surface area contributed by atoms with E-state index in [1.54, 1.807) is 0 Å². The van der Waals surface area contributed by atoms with Gasteiger partial charge in [-0.25, -0.2) is 4.98 Å². The summed E-state index contributed by atoms with van der Waals surface area (Å²) in [5.41, 5.74) is 13.6. The molecule has 61 heavy (non-hydrogen) atoms. The zero-order valence-corrected chi connectivity index (χ0v) is 32.9. The molecular formula is C55H35N5O. The molecule has 0 aliphatic carbocycles. The van der Waals surface area contributed by atoms with Gasteiger partial charge in [-0.2, -0.15) is 0 Å². The molecule has 0 radical (unpaired) electrons. The van der Waals surface area contributed by atoms with E-state index in [1.807, 2.05) is 24.3 Å². The fourth-order valence-electron chi connectivity index (χ4n) is 9.64. The third-order valence-electron chi connectivity index (χ3n) is 12.2. The summed E-state index contributed by atoms with van der Waals surface area (Å²) < 4.78 is 13.5. The molecule has 0 fully saturated rings. The van der Waals surface area contributed by atoms with Gasteiger partial charge >= 0.3 is 0 Å². The Bertz CT molecular complexity index is 3540. The van der Waals surface area contributed by atoms with Gasteiger partial charge in [-0.1, -0.05) is 115 Å². The van der Waals surface area contributed by atoms with Gasteiger partial charge in [0.05, 0.1) is 50.3 Å². The molecule has 12 aromatic rings. The van der Waals surface area contributed by atoms with Crippen molar-refractivity contribution in [2.75, 3.05) is 4.90 Å². The second-order valence-electron chi connectivity index (χ2n) is 15.6. The normalized spacial score (nSPS) is 12.4. The van der Waals surface area contributed by atoms with Gasteiger partial charge in [0.25, 0.3) is 0 Å². The molecule has 6 nitrogen and oxygen atoms in total. The molecule has 1 aliphatic rings. The molecule has 13 rings (SSSR count). The van der Waals surface area contributed by atoms with Crippen LogP contribution >= 0.6 is 0 Å². The summed E-state index contributed by atoms with van der Waals surface area (Å²) >= 11 is 0. The van der Waals surface area contributed by atoms with E-state index in [1.165, 1.54) is 21.5 Å². The first-order valence-corrected chi connectivity index (χ1v) is 20.6. The van der Waals surface area contributed by atoms with Crippen molar-refractivity contribution >= 4 is 71.7 Å². The molecule has 0 atom stereocenters. The van der Waals surface area contributed by atoms with Crippen LogP contribution in [0.1, 0.15) is 0 Å². The highest BCUT2D eigenvalue weighted by Gasteiger charge is 2.28. The Labute approximate surface area is 351 Å². The van der Waals surface area contributed by atoms with Crippen LogP contribution in [0.25, 0.3) is 83.1 Å². The summed E-state index contributed by atoms with van der Waals surface area (Å²) in [6.45, 7) is 0. The average Bonchev–Trinajstić information content (AvgIpc) is 4.00. The van der Waals surface area contributed by atoms with E-state index in [-0.39, 0.29) is 0 Å². The van der Waals surface area contributed by atoms with Gasteiger partial charge < -0.3 is 18.8 Å². The van der Waals surface area contributed by atoms with Crippen molar-refractivity contribution in [1.29, 1.82) is 0 Å². The predicted octanol–water partition coefficient (Wildman–Crippen LogP) is 14.5. The lowest BCUT2D eigenvalue weighted by Gasteiger charge is -2.32. The Morgan fingerprint density at radius 2 is 0.770 bits per heavy atom. The minimum Gasteiger partial charge on any atom is -0.453 e. The van der Waals surface area contributed by atoms with E-state index >= 15 is 0 Å². The summed E-state index contributed by atoms with van der Waals surface area (Å²) in [6.07, 6.45) is 0. The Morgan fingerprint density at radius 1 is 0.328 bits per heavy atom. The quantitative estimate of drug-likeness (QED) is 0.175. The third-order valence-corrected chi connectivity index (χ3v) is 12.2. The molecule has 0 N–H and O–H groups in total. The predicted molar refractivity (Wildman–Crippen MR) is 250 cm³/mol.